The van der Waals surface area contributed by atoms with Gasteiger partial charge in [0, 0.05) is 0 Å². The van der Waals surface area contributed by atoms with Crippen molar-refractivity contribution in [1.29, 1.82) is 5.26 Å². The van der Waals surface area contributed by atoms with Gasteiger partial charge in [0.2, 0.25) is 0 Å². The third kappa shape index (κ3) is 2.11. The molecule has 1 aliphatic heterocycles. The molecule has 1 aliphatic rings. The molecule has 0 N–H and O–H groups in total. The molecule has 0 fully saturated rings. The number of hydrogen-bond acceptors (Lipinski definition) is 3. The fourth-order valence-corrected chi connectivity index (χ4v) is 1.59. The number of hydrogen-bond donors (Lipinski definition) is 0. The fourth-order valence-electron chi connectivity index (χ4n) is 1.39. The Morgan fingerprint density at radius 3 is 2.93 bits per heavy atom. The Balaban J connectivity index is 2.34. The molecule has 76 valence electrons. The third-order valence-electron chi connectivity index (χ3n) is 2.16. The van der Waals surface area contributed by atoms with Gasteiger partial charge >= 0.3 is 0 Å². The van der Waals surface area contributed by atoms with E-state index < -0.39 is 0 Å². The van der Waals surface area contributed by atoms with Crippen molar-refractivity contribution >= 4 is 17.4 Å². The van der Waals surface area contributed by atoms with Crippen LogP contribution in [0, 0.1) is 11.3 Å². The Kier molecular flexibility index (Phi) is 2.89. The highest BCUT2D eigenvalue weighted by Crippen LogP contribution is 2.22. The quantitative estimate of drug-likeness (QED) is 0.684. The summed E-state index contributed by atoms with van der Waals surface area (Å²) in [4.78, 5) is 4.12. The van der Waals surface area contributed by atoms with E-state index in [-0.39, 0.29) is 5.15 Å². The van der Waals surface area contributed by atoms with Gasteiger partial charge in [0.1, 0.15) is 22.7 Å². The molecule has 1 aromatic rings. The van der Waals surface area contributed by atoms with Crippen molar-refractivity contribution < 1.29 is 4.74 Å². The van der Waals surface area contributed by atoms with Gasteiger partial charge in [0.15, 0.2) is 0 Å². The van der Waals surface area contributed by atoms with Crippen LogP contribution in [0.15, 0.2) is 18.2 Å². The summed E-state index contributed by atoms with van der Waals surface area (Å²) >= 11 is 5.83. The smallest absolute Gasteiger partial charge is 0.147 e. The molecule has 0 aromatic carbocycles. The number of rotatable bonds is 1. The zero-order valence-corrected chi connectivity index (χ0v) is 8.79. The summed E-state index contributed by atoms with van der Waals surface area (Å²) in [5.41, 5.74) is 1.08. The lowest BCUT2D eigenvalue weighted by molar-refractivity contribution is 0.257. The molecule has 0 amide bonds. The van der Waals surface area contributed by atoms with E-state index in [9.17, 15) is 0 Å². The van der Waals surface area contributed by atoms with Crippen molar-refractivity contribution in [2.45, 2.75) is 12.8 Å². The molecule has 3 nitrogen and oxygen atoms in total. The molecule has 0 unspecified atom stereocenters. The Morgan fingerprint density at radius 2 is 2.33 bits per heavy atom. The number of aromatic nitrogens is 1. The first kappa shape index (κ1) is 10.0. The van der Waals surface area contributed by atoms with Crippen molar-refractivity contribution in [3.05, 3.63) is 34.6 Å². The number of nitriles is 1. The lowest BCUT2D eigenvalue weighted by Gasteiger charge is -2.14. The second kappa shape index (κ2) is 4.33. The van der Waals surface area contributed by atoms with Gasteiger partial charge in [0.05, 0.1) is 12.2 Å². The van der Waals surface area contributed by atoms with Crippen molar-refractivity contribution in [1.82, 2.24) is 4.98 Å². The van der Waals surface area contributed by atoms with Crippen LogP contribution in [0.4, 0.5) is 0 Å². The normalized spacial score (nSPS) is 15.1. The second-order valence-electron chi connectivity index (χ2n) is 3.21. The summed E-state index contributed by atoms with van der Waals surface area (Å²) in [6, 6.07) is 5.38. The minimum Gasteiger partial charge on any atom is -0.492 e. The van der Waals surface area contributed by atoms with Crippen molar-refractivity contribution in [2.24, 2.45) is 0 Å². The van der Waals surface area contributed by atoms with E-state index in [0.717, 1.165) is 18.6 Å². The SMILES string of the molecule is N#Cc1ccc(C2=CCCCO2)nc1Cl. The number of pyridine rings is 1. The van der Waals surface area contributed by atoms with Gasteiger partial charge in [-0.2, -0.15) is 5.26 Å². The molecule has 0 bridgehead atoms. The molecule has 0 spiro atoms. The maximum atomic E-state index is 8.70. The predicted molar refractivity (Wildman–Crippen MR) is 57.1 cm³/mol. The van der Waals surface area contributed by atoms with Gasteiger partial charge in [-0.15, -0.1) is 0 Å². The van der Waals surface area contributed by atoms with Crippen LogP contribution in [0.25, 0.3) is 5.76 Å². The van der Waals surface area contributed by atoms with Crippen molar-refractivity contribution in [3.8, 4) is 6.07 Å². The summed E-state index contributed by atoms with van der Waals surface area (Å²) < 4.78 is 5.45. The molecule has 15 heavy (non-hydrogen) atoms. The third-order valence-corrected chi connectivity index (χ3v) is 2.45. The number of halogens is 1. The van der Waals surface area contributed by atoms with Gasteiger partial charge in [0.25, 0.3) is 0 Å². The Labute approximate surface area is 93.0 Å². The van der Waals surface area contributed by atoms with Crippen LogP contribution in [0.5, 0.6) is 0 Å². The van der Waals surface area contributed by atoms with Crippen LogP contribution in [0.1, 0.15) is 24.1 Å². The van der Waals surface area contributed by atoms with Crippen LogP contribution in [-0.2, 0) is 4.74 Å². The van der Waals surface area contributed by atoms with E-state index in [4.69, 9.17) is 21.6 Å². The van der Waals surface area contributed by atoms with Crippen LogP contribution >= 0.6 is 11.6 Å². The van der Waals surface area contributed by atoms with E-state index in [1.807, 2.05) is 12.1 Å². The summed E-state index contributed by atoms with van der Waals surface area (Å²) in [5.74, 6) is 0.757. The fraction of sp³-hybridized carbons (Fsp3) is 0.273. The van der Waals surface area contributed by atoms with E-state index >= 15 is 0 Å². The second-order valence-corrected chi connectivity index (χ2v) is 3.56. The summed E-state index contributed by atoms with van der Waals surface area (Å²) in [7, 11) is 0. The Hall–Kier alpha value is -1.53. The first-order valence-corrected chi connectivity index (χ1v) is 5.09. The van der Waals surface area contributed by atoms with Crippen LogP contribution in [0.3, 0.4) is 0 Å². The summed E-state index contributed by atoms with van der Waals surface area (Å²) in [6.45, 7) is 0.713. The Morgan fingerprint density at radius 1 is 1.47 bits per heavy atom. The van der Waals surface area contributed by atoms with Crippen LogP contribution in [0.2, 0.25) is 5.15 Å². The van der Waals surface area contributed by atoms with E-state index in [0.29, 0.717) is 17.9 Å². The first-order chi connectivity index (χ1) is 7.31. The molecule has 0 saturated carbocycles. The van der Waals surface area contributed by atoms with Crippen molar-refractivity contribution in [2.75, 3.05) is 6.61 Å². The van der Waals surface area contributed by atoms with Gasteiger partial charge < -0.3 is 4.74 Å². The molecule has 4 heteroatoms. The standard InChI is InChI=1S/C11H9ClN2O/c12-11-8(7-13)4-5-9(14-11)10-3-1-2-6-15-10/h3-5H,1-2,6H2. The molecule has 1 aromatic heterocycles. The van der Waals surface area contributed by atoms with E-state index in [2.05, 4.69) is 4.98 Å². The topological polar surface area (TPSA) is 45.9 Å². The molecular weight excluding hydrogens is 212 g/mol. The number of allylic oxidation sites excluding steroid dienone is 1. The minimum absolute atomic E-state index is 0.227. The average molecular weight is 221 g/mol. The van der Waals surface area contributed by atoms with Gasteiger partial charge in [-0.1, -0.05) is 11.6 Å². The highest BCUT2D eigenvalue weighted by molar-refractivity contribution is 6.30. The van der Waals surface area contributed by atoms with E-state index in [1.165, 1.54) is 0 Å². The van der Waals surface area contributed by atoms with E-state index in [1.54, 1.807) is 12.1 Å². The molecule has 0 radical (unpaired) electrons. The maximum absolute atomic E-state index is 8.70. The zero-order chi connectivity index (χ0) is 10.7. The molecular formula is C11H9ClN2O. The van der Waals surface area contributed by atoms with Crippen LogP contribution in [-0.4, -0.2) is 11.6 Å². The van der Waals surface area contributed by atoms with Gasteiger partial charge in [-0.3, -0.25) is 0 Å². The lowest BCUT2D eigenvalue weighted by atomic mass is 10.2. The number of nitrogens with zero attached hydrogens (tertiary/aromatic N) is 2. The zero-order valence-electron chi connectivity index (χ0n) is 8.03. The van der Waals surface area contributed by atoms with Crippen LogP contribution < -0.4 is 0 Å². The lowest BCUT2D eigenvalue weighted by Crippen LogP contribution is -2.02. The van der Waals surface area contributed by atoms with Gasteiger partial charge in [-0.05, 0) is 31.1 Å². The molecule has 2 rings (SSSR count). The largest absolute Gasteiger partial charge is 0.492 e. The molecule has 0 saturated heterocycles. The Bertz CT molecular complexity index is 448. The summed E-state index contributed by atoms with van der Waals surface area (Å²) in [6.07, 6.45) is 4.02. The predicted octanol–water partition coefficient (Wildman–Crippen LogP) is 2.76. The molecule has 2 heterocycles. The minimum atomic E-state index is 0.227. The van der Waals surface area contributed by atoms with Crippen molar-refractivity contribution in [3.63, 3.8) is 0 Å². The highest BCUT2D eigenvalue weighted by Gasteiger charge is 2.10. The molecule has 0 atom stereocenters. The maximum Gasteiger partial charge on any atom is 0.147 e. The monoisotopic (exact) mass is 220 g/mol. The molecule has 0 aliphatic carbocycles. The average Bonchev–Trinajstić information content (AvgIpc) is 2.30. The highest BCUT2D eigenvalue weighted by atomic mass is 35.5. The summed E-state index contributed by atoms with van der Waals surface area (Å²) in [5, 5.41) is 8.93. The first-order valence-electron chi connectivity index (χ1n) is 4.71. The number of ether oxygens (including phenoxy) is 1. The van der Waals surface area contributed by atoms with Gasteiger partial charge in [-0.25, -0.2) is 4.98 Å².